The molecule has 0 saturated carbocycles. The fraction of sp³-hybridized carbons (Fsp3) is 0.276. The van der Waals surface area contributed by atoms with Gasteiger partial charge in [0.2, 0.25) is 5.91 Å². The SMILES string of the molecule is C[C@H](NC(=O)OCC1c2ccccc2-c2ccccc21)C(=O)N[C@@H](C(=O)O)[C@H](C)OCc1ccccc1. The van der Waals surface area contributed by atoms with Gasteiger partial charge in [-0.1, -0.05) is 78.9 Å². The van der Waals surface area contributed by atoms with Crippen LogP contribution in [0.4, 0.5) is 4.79 Å². The second kappa shape index (κ2) is 11.7. The summed E-state index contributed by atoms with van der Waals surface area (Å²) >= 11 is 0. The van der Waals surface area contributed by atoms with E-state index in [-0.39, 0.29) is 19.1 Å². The quantitative estimate of drug-likeness (QED) is 0.385. The maximum Gasteiger partial charge on any atom is 0.407 e. The van der Waals surface area contributed by atoms with Crippen LogP contribution in [0.2, 0.25) is 0 Å². The predicted octanol–water partition coefficient (Wildman–Crippen LogP) is 4.09. The molecule has 8 nitrogen and oxygen atoms in total. The molecule has 0 unspecified atom stereocenters. The van der Waals surface area contributed by atoms with Crippen LogP contribution in [-0.2, 0) is 25.7 Å². The first kappa shape index (κ1) is 25.9. The number of carboxylic acid groups (broad SMARTS) is 1. The number of carbonyl (C=O) groups excluding carboxylic acids is 2. The molecule has 37 heavy (non-hydrogen) atoms. The number of nitrogens with one attached hydrogen (secondary N) is 2. The molecule has 8 heteroatoms. The number of hydrogen-bond donors (Lipinski definition) is 3. The summed E-state index contributed by atoms with van der Waals surface area (Å²) in [5.41, 5.74) is 5.27. The highest BCUT2D eigenvalue weighted by Gasteiger charge is 2.31. The summed E-state index contributed by atoms with van der Waals surface area (Å²) < 4.78 is 11.1. The van der Waals surface area contributed by atoms with Crippen molar-refractivity contribution in [1.82, 2.24) is 10.6 Å². The van der Waals surface area contributed by atoms with Crippen molar-refractivity contribution in [3.05, 3.63) is 95.6 Å². The minimum Gasteiger partial charge on any atom is -0.480 e. The third kappa shape index (κ3) is 6.16. The molecule has 4 rings (SSSR count). The zero-order chi connectivity index (χ0) is 26.4. The summed E-state index contributed by atoms with van der Waals surface area (Å²) in [6, 6.07) is 23.0. The van der Waals surface area contributed by atoms with Gasteiger partial charge in [0, 0.05) is 5.92 Å². The molecule has 0 fully saturated rings. The topological polar surface area (TPSA) is 114 Å². The Balaban J connectivity index is 1.30. The second-order valence-electron chi connectivity index (χ2n) is 9.02. The highest BCUT2D eigenvalue weighted by atomic mass is 16.5. The van der Waals surface area contributed by atoms with Crippen LogP contribution in [0.3, 0.4) is 0 Å². The Morgan fingerprint density at radius 3 is 2.00 bits per heavy atom. The van der Waals surface area contributed by atoms with Crippen molar-refractivity contribution >= 4 is 18.0 Å². The first-order valence-electron chi connectivity index (χ1n) is 12.2. The third-order valence-corrected chi connectivity index (χ3v) is 6.46. The molecule has 0 spiro atoms. The van der Waals surface area contributed by atoms with E-state index in [1.165, 1.54) is 6.92 Å². The summed E-state index contributed by atoms with van der Waals surface area (Å²) in [7, 11) is 0. The molecule has 3 aromatic carbocycles. The normalized spacial score (nSPS) is 14.5. The van der Waals surface area contributed by atoms with E-state index in [2.05, 4.69) is 10.6 Å². The van der Waals surface area contributed by atoms with Crippen molar-refractivity contribution in [3.8, 4) is 11.1 Å². The number of aliphatic carboxylic acids is 1. The highest BCUT2D eigenvalue weighted by molar-refractivity contribution is 5.89. The van der Waals surface area contributed by atoms with E-state index in [4.69, 9.17) is 9.47 Å². The zero-order valence-corrected chi connectivity index (χ0v) is 20.7. The maximum absolute atomic E-state index is 12.7. The number of hydrogen-bond acceptors (Lipinski definition) is 5. The van der Waals surface area contributed by atoms with Crippen molar-refractivity contribution in [2.75, 3.05) is 6.61 Å². The van der Waals surface area contributed by atoms with Crippen LogP contribution in [0.15, 0.2) is 78.9 Å². The number of rotatable bonds is 10. The number of amides is 2. The minimum absolute atomic E-state index is 0.107. The molecule has 0 bridgehead atoms. The highest BCUT2D eigenvalue weighted by Crippen LogP contribution is 2.44. The van der Waals surface area contributed by atoms with E-state index in [9.17, 15) is 19.5 Å². The number of alkyl carbamates (subject to hydrolysis) is 1. The Bertz CT molecular complexity index is 1220. The van der Waals surface area contributed by atoms with E-state index in [0.717, 1.165) is 27.8 Å². The summed E-state index contributed by atoms with van der Waals surface area (Å²) in [5.74, 6) is -2.00. The molecule has 0 radical (unpaired) electrons. The van der Waals surface area contributed by atoms with Crippen LogP contribution in [0.25, 0.3) is 11.1 Å². The molecule has 3 atom stereocenters. The standard InChI is InChI=1S/C29H30N2O6/c1-18(27(32)31-26(28(33)34)19(2)36-16-20-10-4-3-5-11-20)30-29(35)37-17-25-23-14-8-6-12-21(23)22-13-7-9-15-24(22)25/h3-15,18-19,25-26H,16-17H2,1-2H3,(H,30,35)(H,31,32)(H,33,34)/t18-,19-,26+/m0/s1. The van der Waals surface area contributed by atoms with Crippen molar-refractivity contribution in [2.45, 2.75) is 44.6 Å². The first-order valence-corrected chi connectivity index (χ1v) is 12.2. The summed E-state index contributed by atoms with van der Waals surface area (Å²) in [5, 5.41) is 14.5. The summed E-state index contributed by atoms with van der Waals surface area (Å²) in [6.45, 7) is 3.35. The van der Waals surface area contributed by atoms with E-state index in [1.807, 2.05) is 78.9 Å². The van der Waals surface area contributed by atoms with Crippen LogP contribution in [0, 0.1) is 0 Å². The number of carboxylic acids is 1. The average molecular weight is 503 g/mol. The fourth-order valence-corrected chi connectivity index (χ4v) is 4.44. The van der Waals surface area contributed by atoms with Crippen LogP contribution >= 0.6 is 0 Å². The lowest BCUT2D eigenvalue weighted by Crippen LogP contribution is -2.54. The Morgan fingerprint density at radius 1 is 0.838 bits per heavy atom. The van der Waals surface area contributed by atoms with Gasteiger partial charge in [-0.15, -0.1) is 0 Å². The van der Waals surface area contributed by atoms with Crippen LogP contribution in [0.1, 0.15) is 36.5 Å². The molecule has 0 saturated heterocycles. The van der Waals surface area contributed by atoms with E-state index in [1.54, 1.807) is 6.92 Å². The van der Waals surface area contributed by atoms with Crippen molar-refractivity contribution in [2.24, 2.45) is 0 Å². The van der Waals surface area contributed by atoms with Gasteiger partial charge < -0.3 is 25.2 Å². The molecule has 3 aromatic rings. The van der Waals surface area contributed by atoms with Crippen molar-refractivity contribution in [3.63, 3.8) is 0 Å². The van der Waals surface area contributed by atoms with Gasteiger partial charge in [0.15, 0.2) is 6.04 Å². The molecule has 0 heterocycles. The predicted molar refractivity (Wildman–Crippen MR) is 138 cm³/mol. The van der Waals surface area contributed by atoms with Gasteiger partial charge in [-0.2, -0.15) is 0 Å². The Kier molecular flexibility index (Phi) is 8.20. The maximum atomic E-state index is 12.7. The van der Waals surface area contributed by atoms with Crippen LogP contribution < -0.4 is 10.6 Å². The molecule has 3 N–H and O–H groups in total. The second-order valence-corrected chi connectivity index (χ2v) is 9.02. The summed E-state index contributed by atoms with van der Waals surface area (Å²) in [6.07, 6.45) is -1.56. The first-order chi connectivity index (χ1) is 17.8. The van der Waals surface area contributed by atoms with Gasteiger partial charge in [0.1, 0.15) is 12.6 Å². The van der Waals surface area contributed by atoms with Gasteiger partial charge in [0.25, 0.3) is 0 Å². The zero-order valence-electron chi connectivity index (χ0n) is 20.7. The molecular weight excluding hydrogens is 472 g/mol. The van der Waals surface area contributed by atoms with Crippen LogP contribution in [0.5, 0.6) is 0 Å². The number of benzene rings is 3. The van der Waals surface area contributed by atoms with Crippen molar-refractivity contribution in [1.29, 1.82) is 0 Å². The molecule has 1 aliphatic carbocycles. The van der Waals surface area contributed by atoms with Gasteiger partial charge in [-0.25, -0.2) is 9.59 Å². The lowest BCUT2D eigenvalue weighted by Gasteiger charge is -2.24. The fourth-order valence-electron chi connectivity index (χ4n) is 4.44. The van der Waals surface area contributed by atoms with E-state index >= 15 is 0 Å². The molecule has 0 aliphatic heterocycles. The molecular formula is C29H30N2O6. The Hall–Kier alpha value is -4.17. The average Bonchev–Trinajstić information content (AvgIpc) is 3.23. The summed E-state index contributed by atoms with van der Waals surface area (Å²) in [4.78, 5) is 36.9. The third-order valence-electron chi connectivity index (χ3n) is 6.46. The lowest BCUT2D eigenvalue weighted by molar-refractivity contribution is -0.146. The van der Waals surface area contributed by atoms with E-state index in [0.29, 0.717) is 0 Å². The Labute approximate surface area is 215 Å². The monoisotopic (exact) mass is 502 g/mol. The Morgan fingerprint density at radius 2 is 1.41 bits per heavy atom. The lowest BCUT2D eigenvalue weighted by atomic mass is 9.98. The molecule has 2 amide bonds. The van der Waals surface area contributed by atoms with Gasteiger partial charge >= 0.3 is 12.1 Å². The van der Waals surface area contributed by atoms with Crippen molar-refractivity contribution < 1.29 is 29.0 Å². The van der Waals surface area contributed by atoms with Crippen LogP contribution in [-0.4, -0.2) is 47.9 Å². The molecule has 0 aromatic heterocycles. The van der Waals surface area contributed by atoms with E-state index < -0.39 is 36.2 Å². The number of ether oxygens (including phenoxy) is 2. The minimum atomic E-state index is -1.29. The number of carbonyl (C=O) groups is 3. The largest absolute Gasteiger partial charge is 0.480 e. The van der Waals surface area contributed by atoms with Gasteiger partial charge in [0.05, 0.1) is 12.7 Å². The van der Waals surface area contributed by atoms with Gasteiger partial charge in [-0.3, -0.25) is 4.79 Å². The number of fused-ring (bicyclic) bond motifs is 3. The molecule has 192 valence electrons. The smallest absolute Gasteiger partial charge is 0.407 e. The van der Waals surface area contributed by atoms with Gasteiger partial charge in [-0.05, 0) is 41.7 Å². The molecule has 1 aliphatic rings.